The standard InChI is InChI=1S/C14H14F2N4O2/c1-22-7-6-18-14-17-5-4-12(20-14)13(21)19-11-3-2-9(15)8-10(11)16/h2-5,8H,6-7H2,1H3,(H,19,21)(H,17,18,20). The van der Waals surface area contributed by atoms with Gasteiger partial charge in [0.2, 0.25) is 5.95 Å². The maximum absolute atomic E-state index is 13.5. The van der Waals surface area contributed by atoms with Crippen molar-refractivity contribution in [3.8, 4) is 0 Å². The monoisotopic (exact) mass is 308 g/mol. The predicted molar refractivity (Wildman–Crippen MR) is 76.7 cm³/mol. The van der Waals surface area contributed by atoms with Gasteiger partial charge >= 0.3 is 0 Å². The number of hydrogen-bond donors (Lipinski definition) is 2. The fourth-order valence-corrected chi connectivity index (χ4v) is 1.61. The molecule has 1 amide bonds. The van der Waals surface area contributed by atoms with Crippen molar-refractivity contribution in [1.29, 1.82) is 0 Å². The first-order valence-corrected chi connectivity index (χ1v) is 6.42. The minimum absolute atomic E-state index is 0.0543. The van der Waals surface area contributed by atoms with Crippen LogP contribution in [0.1, 0.15) is 10.5 Å². The Labute approximate surface area is 125 Å². The highest BCUT2D eigenvalue weighted by Crippen LogP contribution is 2.15. The van der Waals surface area contributed by atoms with Crippen LogP contribution < -0.4 is 10.6 Å². The third-order valence-electron chi connectivity index (χ3n) is 2.66. The third-order valence-corrected chi connectivity index (χ3v) is 2.66. The van der Waals surface area contributed by atoms with E-state index in [0.717, 1.165) is 12.1 Å². The van der Waals surface area contributed by atoms with E-state index in [1.807, 2.05) is 0 Å². The number of anilines is 2. The lowest BCUT2D eigenvalue weighted by molar-refractivity contribution is 0.102. The lowest BCUT2D eigenvalue weighted by atomic mass is 10.3. The highest BCUT2D eigenvalue weighted by atomic mass is 19.1. The molecule has 2 N–H and O–H groups in total. The minimum Gasteiger partial charge on any atom is -0.383 e. The lowest BCUT2D eigenvalue weighted by Crippen LogP contribution is -2.17. The number of ether oxygens (including phenoxy) is 1. The maximum atomic E-state index is 13.5. The number of carbonyl (C=O) groups excluding carboxylic acids is 1. The molecular weight excluding hydrogens is 294 g/mol. The van der Waals surface area contributed by atoms with Crippen LogP contribution in [0.15, 0.2) is 30.5 Å². The number of hydrogen-bond acceptors (Lipinski definition) is 5. The molecule has 1 heterocycles. The van der Waals surface area contributed by atoms with Crippen LogP contribution in [0.2, 0.25) is 0 Å². The van der Waals surface area contributed by atoms with Crippen molar-refractivity contribution >= 4 is 17.5 Å². The van der Waals surface area contributed by atoms with Crippen LogP contribution in [-0.2, 0) is 4.74 Å². The SMILES string of the molecule is COCCNc1nccc(C(=O)Nc2ccc(F)cc2F)n1. The van der Waals surface area contributed by atoms with Crippen molar-refractivity contribution < 1.29 is 18.3 Å². The van der Waals surface area contributed by atoms with Crippen LogP contribution in [0.4, 0.5) is 20.4 Å². The topological polar surface area (TPSA) is 76.1 Å². The number of nitrogens with one attached hydrogen (secondary N) is 2. The van der Waals surface area contributed by atoms with Gasteiger partial charge in [-0.05, 0) is 18.2 Å². The molecule has 1 aromatic carbocycles. The largest absolute Gasteiger partial charge is 0.383 e. The van der Waals surface area contributed by atoms with E-state index in [1.54, 1.807) is 7.11 Å². The van der Waals surface area contributed by atoms with Crippen molar-refractivity contribution in [2.75, 3.05) is 30.9 Å². The number of aromatic nitrogens is 2. The summed E-state index contributed by atoms with van der Waals surface area (Å²) in [5.41, 5.74) is -0.0717. The molecule has 116 valence electrons. The number of halogens is 2. The minimum atomic E-state index is -0.860. The number of methoxy groups -OCH3 is 1. The van der Waals surface area contributed by atoms with Crippen LogP contribution in [0.25, 0.3) is 0 Å². The Balaban J connectivity index is 2.07. The zero-order chi connectivity index (χ0) is 15.9. The zero-order valence-electron chi connectivity index (χ0n) is 11.8. The summed E-state index contributed by atoms with van der Waals surface area (Å²) in [7, 11) is 1.56. The third kappa shape index (κ3) is 4.19. The van der Waals surface area contributed by atoms with E-state index in [9.17, 15) is 13.6 Å². The van der Waals surface area contributed by atoms with Crippen LogP contribution in [0, 0.1) is 11.6 Å². The van der Waals surface area contributed by atoms with E-state index >= 15 is 0 Å². The van der Waals surface area contributed by atoms with Crippen molar-refractivity contribution in [2.45, 2.75) is 0 Å². The molecule has 2 aromatic rings. The number of rotatable bonds is 6. The Bertz CT molecular complexity index is 667. The van der Waals surface area contributed by atoms with E-state index in [4.69, 9.17) is 4.74 Å². The van der Waals surface area contributed by atoms with Gasteiger partial charge in [0.25, 0.3) is 5.91 Å². The van der Waals surface area contributed by atoms with E-state index in [-0.39, 0.29) is 17.3 Å². The molecule has 0 aliphatic heterocycles. The van der Waals surface area contributed by atoms with Crippen molar-refractivity contribution in [1.82, 2.24) is 9.97 Å². The van der Waals surface area contributed by atoms with Gasteiger partial charge in [-0.15, -0.1) is 0 Å². The van der Waals surface area contributed by atoms with Crippen molar-refractivity contribution in [2.24, 2.45) is 0 Å². The highest BCUT2D eigenvalue weighted by molar-refractivity contribution is 6.03. The summed E-state index contributed by atoms with van der Waals surface area (Å²) in [6, 6.07) is 4.27. The molecule has 0 saturated carbocycles. The molecule has 22 heavy (non-hydrogen) atoms. The van der Waals surface area contributed by atoms with E-state index < -0.39 is 17.5 Å². The predicted octanol–water partition coefficient (Wildman–Crippen LogP) is 2.07. The molecule has 0 spiro atoms. The van der Waals surface area contributed by atoms with Crippen LogP contribution >= 0.6 is 0 Å². The molecule has 0 radical (unpaired) electrons. The first-order valence-electron chi connectivity index (χ1n) is 6.42. The number of benzene rings is 1. The van der Waals surface area contributed by atoms with Crippen LogP contribution in [-0.4, -0.2) is 36.1 Å². The molecule has 0 atom stereocenters. The van der Waals surface area contributed by atoms with Crippen LogP contribution in [0.3, 0.4) is 0 Å². The Hall–Kier alpha value is -2.61. The average molecular weight is 308 g/mol. The second kappa shape index (κ2) is 7.41. The highest BCUT2D eigenvalue weighted by Gasteiger charge is 2.12. The fraction of sp³-hybridized carbons (Fsp3) is 0.214. The number of carbonyl (C=O) groups is 1. The Kier molecular flexibility index (Phi) is 5.31. The summed E-state index contributed by atoms with van der Waals surface area (Å²) in [4.78, 5) is 20.0. The summed E-state index contributed by atoms with van der Waals surface area (Å²) >= 11 is 0. The lowest BCUT2D eigenvalue weighted by Gasteiger charge is -2.08. The van der Waals surface area contributed by atoms with Gasteiger partial charge in [-0.1, -0.05) is 0 Å². The summed E-state index contributed by atoms with van der Waals surface area (Å²) in [6.07, 6.45) is 1.40. The molecule has 0 aliphatic carbocycles. The molecule has 6 nitrogen and oxygen atoms in total. The molecule has 0 saturated heterocycles. The van der Waals surface area contributed by atoms with Crippen molar-refractivity contribution in [3.05, 3.63) is 47.8 Å². The van der Waals surface area contributed by atoms with E-state index in [0.29, 0.717) is 19.2 Å². The normalized spacial score (nSPS) is 10.3. The van der Waals surface area contributed by atoms with E-state index in [2.05, 4.69) is 20.6 Å². The Morgan fingerprint density at radius 2 is 2.14 bits per heavy atom. The Morgan fingerprint density at radius 3 is 2.86 bits per heavy atom. The Morgan fingerprint density at radius 1 is 1.32 bits per heavy atom. The average Bonchev–Trinajstić information content (AvgIpc) is 2.50. The molecule has 2 rings (SSSR count). The van der Waals surface area contributed by atoms with Gasteiger partial charge in [-0.25, -0.2) is 18.7 Å². The second-order valence-corrected chi connectivity index (χ2v) is 4.26. The van der Waals surface area contributed by atoms with Crippen LogP contribution in [0.5, 0.6) is 0 Å². The molecule has 0 aliphatic rings. The molecule has 0 unspecified atom stereocenters. The van der Waals surface area contributed by atoms with E-state index in [1.165, 1.54) is 12.3 Å². The molecule has 1 aromatic heterocycles. The van der Waals surface area contributed by atoms with Gasteiger partial charge < -0.3 is 15.4 Å². The smallest absolute Gasteiger partial charge is 0.274 e. The number of nitrogens with zero attached hydrogens (tertiary/aromatic N) is 2. The number of amides is 1. The molecule has 0 bridgehead atoms. The quantitative estimate of drug-likeness (QED) is 0.799. The first kappa shape index (κ1) is 15.8. The van der Waals surface area contributed by atoms with Gasteiger partial charge in [0.1, 0.15) is 17.3 Å². The summed E-state index contributed by atoms with van der Waals surface area (Å²) < 4.78 is 31.2. The molecule has 0 fully saturated rings. The zero-order valence-corrected chi connectivity index (χ0v) is 11.8. The second-order valence-electron chi connectivity index (χ2n) is 4.26. The summed E-state index contributed by atoms with van der Waals surface area (Å²) in [5.74, 6) is -1.95. The van der Waals surface area contributed by atoms with Crippen molar-refractivity contribution in [3.63, 3.8) is 0 Å². The summed E-state index contributed by atoms with van der Waals surface area (Å²) in [6.45, 7) is 0.939. The first-order chi connectivity index (χ1) is 10.6. The van der Waals surface area contributed by atoms with Gasteiger partial charge in [-0.2, -0.15) is 0 Å². The van der Waals surface area contributed by atoms with Gasteiger partial charge in [0.05, 0.1) is 12.3 Å². The fourth-order valence-electron chi connectivity index (χ4n) is 1.61. The maximum Gasteiger partial charge on any atom is 0.274 e. The van der Waals surface area contributed by atoms with Gasteiger partial charge in [-0.3, -0.25) is 4.79 Å². The molecular formula is C14H14F2N4O2. The summed E-state index contributed by atoms with van der Waals surface area (Å²) in [5, 5.41) is 5.20. The van der Waals surface area contributed by atoms with Gasteiger partial charge in [0.15, 0.2) is 0 Å². The van der Waals surface area contributed by atoms with Gasteiger partial charge in [0, 0.05) is 25.9 Å². The molecule has 8 heteroatoms.